The molecule has 32 heavy (non-hydrogen) atoms. The Hall–Kier alpha value is -3.47. The van der Waals surface area contributed by atoms with Crippen molar-refractivity contribution in [1.29, 1.82) is 0 Å². The molecular weight excluding hydrogens is 398 g/mol. The highest BCUT2D eigenvalue weighted by atomic mass is 16.5. The van der Waals surface area contributed by atoms with E-state index in [0.29, 0.717) is 24.3 Å². The molecule has 0 amide bonds. The summed E-state index contributed by atoms with van der Waals surface area (Å²) in [4.78, 5) is 4.60. The Morgan fingerprint density at radius 2 is 1.59 bits per heavy atom. The normalized spacial score (nSPS) is 11.2. The Labute approximate surface area is 189 Å². The zero-order chi connectivity index (χ0) is 22.7. The fourth-order valence-electron chi connectivity index (χ4n) is 3.74. The highest BCUT2D eigenvalue weighted by Crippen LogP contribution is 2.33. The van der Waals surface area contributed by atoms with E-state index >= 15 is 0 Å². The molecule has 4 aromatic rings. The van der Waals surface area contributed by atoms with Crippen LogP contribution < -0.4 is 4.74 Å². The topological polar surface area (TPSA) is 61.0 Å². The molecular formula is C27H29N3O2. The standard InChI is InChI=1S/C27H29N3O2/c1-6-21-14-22(12-18(4)25(21)31-16-20-10-8-7-9-11-20)26-29-30-27(32-26)23-13-19(5)28-24(15-23)17(2)3/h7-15,17H,6,16H2,1-5H3. The first-order valence-electron chi connectivity index (χ1n) is 11.1. The molecule has 0 spiro atoms. The van der Waals surface area contributed by atoms with Crippen LogP contribution in [0.15, 0.2) is 59.0 Å². The first kappa shape index (κ1) is 21.8. The second-order valence-electron chi connectivity index (χ2n) is 8.40. The number of hydrogen-bond donors (Lipinski definition) is 0. The molecule has 0 saturated carbocycles. The van der Waals surface area contributed by atoms with Crippen LogP contribution in [0.5, 0.6) is 5.75 Å². The molecule has 4 rings (SSSR count). The van der Waals surface area contributed by atoms with Crippen molar-refractivity contribution in [2.75, 3.05) is 0 Å². The molecule has 0 saturated heterocycles. The van der Waals surface area contributed by atoms with Gasteiger partial charge in [0.2, 0.25) is 11.8 Å². The lowest BCUT2D eigenvalue weighted by molar-refractivity contribution is 0.301. The number of benzene rings is 2. The molecule has 5 heteroatoms. The number of ether oxygens (including phenoxy) is 1. The van der Waals surface area contributed by atoms with Gasteiger partial charge in [0.05, 0.1) is 0 Å². The van der Waals surface area contributed by atoms with Gasteiger partial charge in [-0.15, -0.1) is 10.2 Å². The Morgan fingerprint density at radius 3 is 2.25 bits per heavy atom. The second kappa shape index (κ2) is 9.35. The minimum atomic E-state index is 0.328. The lowest BCUT2D eigenvalue weighted by atomic mass is 10.0. The van der Waals surface area contributed by atoms with Gasteiger partial charge in [0.1, 0.15) is 12.4 Å². The number of nitrogens with zero attached hydrogens (tertiary/aromatic N) is 3. The van der Waals surface area contributed by atoms with Crippen molar-refractivity contribution in [3.05, 3.63) is 82.7 Å². The molecule has 0 radical (unpaired) electrons. The van der Waals surface area contributed by atoms with Gasteiger partial charge in [-0.2, -0.15) is 0 Å². The maximum atomic E-state index is 6.19. The highest BCUT2D eigenvalue weighted by molar-refractivity contribution is 5.62. The molecule has 0 aliphatic rings. The minimum Gasteiger partial charge on any atom is -0.488 e. The maximum absolute atomic E-state index is 6.19. The zero-order valence-electron chi connectivity index (χ0n) is 19.3. The predicted molar refractivity (Wildman–Crippen MR) is 127 cm³/mol. The van der Waals surface area contributed by atoms with Gasteiger partial charge in [0.25, 0.3) is 0 Å². The molecule has 2 aromatic heterocycles. The molecule has 0 aliphatic heterocycles. The van der Waals surface area contributed by atoms with Gasteiger partial charge in [-0.1, -0.05) is 51.1 Å². The van der Waals surface area contributed by atoms with E-state index in [1.165, 1.54) is 0 Å². The third-order valence-corrected chi connectivity index (χ3v) is 5.44. The van der Waals surface area contributed by atoms with E-state index in [1.807, 2.05) is 43.3 Å². The van der Waals surface area contributed by atoms with Crippen LogP contribution in [0.2, 0.25) is 0 Å². The summed E-state index contributed by atoms with van der Waals surface area (Å²) in [5.41, 5.74) is 7.08. The summed E-state index contributed by atoms with van der Waals surface area (Å²) in [6.45, 7) is 11.0. The van der Waals surface area contributed by atoms with Gasteiger partial charge in [-0.25, -0.2) is 0 Å². The number of rotatable bonds is 7. The molecule has 0 bridgehead atoms. The molecule has 0 unspecified atom stereocenters. The van der Waals surface area contributed by atoms with Gasteiger partial charge in [0, 0.05) is 22.5 Å². The van der Waals surface area contributed by atoms with E-state index < -0.39 is 0 Å². The molecule has 2 aromatic carbocycles. The monoisotopic (exact) mass is 427 g/mol. The van der Waals surface area contributed by atoms with Gasteiger partial charge < -0.3 is 9.15 Å². The Morgan fingerprint density at radius 1 is 0.906 bits per heavy atom. The minimum absolute atomic E-state index is 0.328. The van der Waals surface area contributed by atoms with Crippen LogP contribution in [0.4, 0.5) is 0 Å². The lowest BCUT2D eigenvalue weighted by Crippen LogP contribution is -2.01. The van der Waals surface area contributed by atoms with E-state index in [4.69, 9.17) is 9.15 Å². The highest BCUT2D eigenvalue weighted by Gasteiger charge is 2.16. The Balaban J connectivity index is 1.62. The summed E-state index contributed by atoms with van der Waals surface area (Å²) in [6, 6.07) is 18.3. The summed E-state index contributed by atoms with van der Waals surface area (Å²) in [5.74, 6) is 2.26. The summed E-state index contributed by atoms with van der Waals surface area (Å²) in [7, 11) is 0. The summed E-state index contributed by atoms with van der Waals surface area (Å²) >= 11 is 0. The number of aromatic nitrogens is 3. The Bertz CT molecular complexity index is 1210. The molecule has 0 N–H and O–H groups in total. The van der Waals surface area contributed by atoms with Crippen molar-refractivity contribution in [3.8, 4) is 28.7 Å². The third-order valence-electron chi connectivity index (χ3n) is 5.44. The largest absolute Gasteiger partial charge is 0.488 e. The van der Waals surface area contributed by atoms with Crippen LogP contribution in [0.25, 0.3) is 22.9 Å². The van der Waals surface area contributed by atoms with E-state index in [1.54, 1.807) is 0 Å². The lowest BCUT2D eigenvalue weighted by Gasteiger charge is -2.14. The van der Waals surface area contributed by atoms with Gasteiger partial charge in [-0.3, -0.25) is 4.98 Å². The number of hydrogen-bond acceptors (Lipinski definition) is 5. The van der Waals surface area contributed by atoms with Crippen molar-refractivity contribution >= 4 is 0 Å². The average Bonchev–Trinajstić information content (AvgIpc) is 3.28. The smallest absolute Gasteiger partial charge is 0.248 e. The van der Waals surface area contributed by atoms with E-state index in [2.05, 4.69) is 61.1 Å². The average molecular weight is 428 g/mol. The first-order valence-corrected chi connectivity index (χ1v) is 11.1. The van der Waals surface area contributed by atoms with E-state index in [0.717, 1.165) is 51.4 Å². The Kier molecular flexibility index (Phi) is 6.35. The maximum Gasteiger partial charge on any atom is 0.248 e. The van der Waals surface area contributed by atoms with Crippen LogP contribution in [0.1, 0.15) is 54.8 Å². The molecule has 164 valence electrons. The van der Waals surface area contributed by atoms with Gasteiger partial charge >= 0.3 is 0 Å². The van der Waals surface area contributed by atoms with Crippen LogP contribution >= 0.6 is 0 Å². The second-order valence-corrected chi connectivity index (χ2v) is 8.40. The first-order chi connectivity index (χ1) is 15.4. The van der Waals surface area contributed by atoms with Crippen LogP contribution in [0.3, 0.4) is 0 Å². The fraction of sp³-hybridized carbons (Fsp3) is 0.296. The molecule has 2 heterocycles. The van der Waals surface area contributed by atoms with Crippen LogP contribution in [0, 0.1) is 13.8 Å². The van der Waals surface area contributed by atoms with E-state index in [-0.39, 0.29) is 0 Å². The molecule has 0 aliphatic carbocycles. The predicted octanol–water partition coefficient (Wildman–Crippen LogP) is 6.68. The molecule has 0 fully saturated rings. The number of aryl methyl sites for hydroxylation is 3. The fourth-order valence-corrected chi connectivity index (χ4v) is 3.74. The summed E-state index contributed by atoms with van der Waals surface area (Å²) in [6.07, 6.45) is 0.848. The summed E-state index contributed by atoms with van der Waals surface area (Å²) in [5, 5.41) is 8.64. The van der Waals surface area contributed by atoms with E-state index in [9.17, 15) is 0 Å². The van der Waals surface area contributed by atoms with Gasteiger partial charge in [-0.05, 0) is 67.1 Å². The number of pyridine rings is 1. The summed E-state index contributed by atoms with van der Waals surface area (Å²) < 4.78 is 12.3. The van der Waals surface area contributed by atoms with Crippen molar-refractivity contribution in [1.82, 2.24) is 15.2 Å². The quantitative estimate of drug-likeness (QED) is 0.329. The third kappa shape index (κ3) is 4.72. The SMILES string of the molecule is CCc1cc(-c2nnc(-c3cc(C)nc(C(C)C)c3)o2)cc(C)c1OCc1ccccc1. The zero-order valence-corrected chi connectivity index (χ0v) is 19.3. The van der Waals surface area contributed by atoms with Crippen molar-refractivity contribution in [2.45, 2.75) is 53.6 Å². The molecule has 0 atom stereocenters. The van der Waals surface area contributed by atoms with Crippen LogP contribution in [-0.4, -0.2) is 15.2 Å². The van der Waals surface area contributed by atoms with Crippen molar-refractivity contribution < 1.29 is 9.15 Å². The van der Waals surface area contributed by atoms with Crippen molar-refractivity contribution in [2.24, 2.45) is 0 Å². The van der Waals surface area contributed by atoms with Crippen LogP contribution in [-0.2, 0) is 13.0 Å². The molecule has 5 nitrogen and oxygen atoms in total. The van der Waals surface area contributed by atoms with Gasteiger partial charge in [0.15, 0.2) is 0 Å². The van der Waals surface area contributed by atoms with Crippen molar-refractivity contribution in [3.63, 3.8) is 0 Å².